The predicted molar refractivity (Wildman–Crippen MR) is 89.6 cm³/mol. The van der Waals surface area contributed by atoms with E-state index in [0.29, 0.717) is 12.5 Å². The van der Waals surface area contributed by atoms with E-state index in [-0.39, 0.29) is 5.97 Å². The summed E-state index contributed by atoms with van der Waals surface area (Å²) >= 11 is 0. The summed E-state index contributed by atoms with van der Waals surface area (Å²) in [5.41, 5.74) is 0. The molecule has 2 aliphatic heterocycles. The lowest BCUT2D eigenvalue weighted by molar-refractivity contribution is -0.140. The smallest absolute Gasteiger partial charge is 0.305 e. The second kappa shape index (κ2) is 9.72. The zero-order valence-electron chi connectivity index (χ0n) is 14.4. The predicted octanol–water partition coefficient (Wildman–Crippen LogP) is 0.312. The van der Waals surface area contributed by atoms with E-state index in [9.17, 15) is 4.79 Å². The number of esters is 1. The monoisotopic (exact) mass is 326 g/mol. The van der Waals surface area contributed by atoms with Crippen LogP contribution in [0.15, 0.2) is 4.99 Å². The van der Waals surface area contributed by atoms with E-state index in [1.165, 1.54) is 13.5 Å². The maximum Gasteiger partial charge on any atom is 0.305 e. The number of likely N-dealkylation sites (tertiary alicyclic amines) is 1. The molecule has 1 unspecified atom stereocenters. The molecule has 7 heteroatoms. The lowest BCUT2D eigenvalue weighted by atomic mass is 10.2. The highest BCUT2D eigenvalue weighted by atomic mass is 16.5. The molecule has 0 aromatic heterocycles. The van der Waals surface area contributed by atoms with Gasteiger partial charge in [0.25, 0.3) is 0 Å². The maximum atomic E-state index is 11.1. The van der Waals surface area contributed by atoms with Crippen LogP contribution in [0.25, 0.3) is 0 Å². The normalized spacial score (nSPS) is 23.1. The van der Waals surface area contributed by atoms with Crippen molar-refractivity contribution in [2.24, 2.45) is 4.99 Å². The SMILES string of the molecule is CN=C(NCCCCC(=O)OC)N1CCC(N2CCOCC2)C1. The number of carbonyl (C=O) groups is 1. The Morgan fingerprint density at radius 1 is 1.30 bits per heavy atom. The largest absolute Gasteiger partial charge is 0.469 e. The van der Waals surface area contributed by atoms with Gasteiger partial charge in [-0.2, -0.15) is 0 Å². The molecule has 132 valence electrons. The quantitative estimate of drug-likeness (QED) is 0.328. The highest BCUT2D eigenvalue weighted by molar-refractivity contribution is 5.80. The molecule has 0 amide bonds. The molecule has 2 heterocycles. The Morgan fingerprint density at radius 2 is 2.09 bits per heavy atom. The first-order chi connectivity index (χ1) is 11.2. The van der Waals surface area contributed by atoms with Gasteiger partial charge in [0, 0.05) is 52.2 Å². The standard InChI is InChI=1S/C16H30N4O3/c1-17-16(18-7-4-3-5-15(21)22-2)20-8-6-14(13-20)19-9-11-23-12-10-19/h14H,3-13H2,1-2H3,(H,17,18). The number of morpholine rings is 1. The summed E-state index contributed by atoms with van der Waals surface area (Å²) in [4.78, 5) is 20.3. The number of nitrogens with zero attached hydrogens (tertiary/aromatic N) is 3. The molecule has 0 saturated carbocycles. The summed E-state index contributed by atoms with van der Waals surface area (Å²) in [5, 5.41) is 3.41. The van der Waals surface area contributed by atoms with Crippen LogP contribution < -0.4 is 5.32 Å². The van der Waals surface area contributed by atoms with Crippen molar-refractivity contribution in [2.75, 3.05) is 60.1 Å². The number of aliphatic imine (C=N–C) groups is 1. The molecule has 0 aliphatic carbocycles. The van der Waals surface area contributed by atoms with E-state index in [0.717, 1.165) is 64.7 Å². The number of carbonyl (C=O) groups excluding carboxylic acids is 1. The van der Waals surface area contributed by atoms with Gasteiger partial charge in [0.1, 0.15) is 0 Å². The number of ether oxygens (including phenoxy) is 2. The number of hydrogen-bond acceptors (Lipinski definition) is 5. The molecule has 23 heavy (non-hydrogen) atoms. The first kappa shape index (κ1) is 18.0. The van der Waals surface area contributed by atoms with Gasteiger partial charge >= 0.3 is 5.97 Å². The second-order valence-electron chi connectivity index (χ2n) is 6.04. The number of methoxy groups -OCH3 is 1. The van der Waals surface area contributed by atoms with Crippen molar-refractivity contribution < 1.29 is 14.3 Å². The molecule has 7 nitrogen and oxygen atoms in total. The Morgan fingerprint density at radius 3 is 2.78 bits per heavy atom. The third-order valence-electron chi connectivity index (χ3n) is 4.56. The highest BCUT2D eigenvalue weighted by Gasteiger charge is 2.30. The number of nitrogens with one attached hydrogen (secondary N) is 1. The third-order valence-corrected chi connectivity index (χ3v) is 4.56. The van der Waals surface area contributed by atoms with Gasteiger partial charge < -0.3 is 19.7 Å². The Kier molecular flexibility index (Phi) is 7.61. The molecule has 1 atom stereocenters. The number of guanidine groups is 1. The summed E-state index contributed by atoms with van der Waals surface area (Å²) in [7, 11) is 3.26. The summed E-state index contributed by atoms with van der Waals surface area (Å²) in [6.07, 6.45) is 3.45. The van der Waals surface area contributed by atoms with E-state index in [2.05, 4.69) is 24.8 Å². The van der Waals surface area contributed by atoms with Crippen molar-refractivity contribution in [2.45, 2.75) is 31.7 Å². The Balaban J connectivity index is 1.67. The molecule has 0 radical (unpaired) electrons. The zero-order valence-corrected chi connectivity index (χ0v) is 14.4. The topological polar surface area (TPSA) is 66.4 Å². The fraction of sp³-hybridized carbons (Fsp3) is 0.875. The van der Waals surface area contributed by atoms with Gasteiger partial charge in [-0.1, -0.05) is 0 Å². The van der Waals surface area contributed by atoms with Crippen LogP contribution in [0.3, 0.4) is 0 Å². The van der Waals surface area contributed by atoms with Gasteiger partial charge in [0.2, 0.25) is 0 Å². The van der Waals surface area contributed by atoms with Crippen molar-refractivity contribution in [1.82, 2.24) is 15.1 Å². The van der Waals surface area contributed by atoms with E-state index < -0.39 is 0 Å². The molecule has 0 aromatic carbocycles. The number of unbranched alkanes of at least 4 members (excludes halogenated alkanes) is 1. The van der Waals surface area contributed by atoms with Gasteiger partial charge in [0.05, 0.1) is 20.3 Å². The van der Waals surface area contributed by atoms with E-state index in [4.69, 9.17) is 4.74 Å². The Bertz CT molecular complexity index is 397. The molecular formula is C16H30N4O3. The van der Waals surface area contributed by atoms with Crippen LogP contribution >= 0.6 is 0 Å². The van der Waals surface area contributed by atoms with Crippen molar-refractivity contribution in [3.05, 3.63) is 0 Å². The first-order valence-corrected chi connectivity index (χ1v) is 8.58. The highest BCUT2D eigenvalue weighted by Crippen LogP contribution is 2.17. The van der Waals surface area contributed by atoms with Crippen LogP contribution in [-0.4, -0.2) is 87.9 Å². The van der Waals surface area contributed by atoms with E-state index in [1.54, 1.807) is 0 Å². The first-order valence-electron chi connectivity index (χ1n) is 8.58. The van der Waals surface area contributed by atoms with Crippen LogP contribution in [0.4, 0.5) is 0 Å². The van der Waals surface area contributed by atoms with Gasteiger partial charge in [-0.15, -0.1) is 0 Å². The average molecular weight is 326 g/mol. The van der Waals surface area contributed by atoms with Crippen molar-refractivity contribution in [1.29, 1.82) is 0 Å². The molecule has 2 saturated heterocycles. The van der Waals surface area contributed by atoms with Gasteiger partial charge in [-0.05, 0) is 19.3 Å². The lowest BCUT2D eigenvalue weighted by Gasteiger charge is -2.32. The molecular weight excluding hydrogens is 296 g/mol. The third kappa shape index (κ3) is 5.66. The van der Waals surface area contributed by atoms with Gasteiger partial charge in [-0.3, -0.25) is 14.7 Å². The van der Waals surface area contributed by atoms with Crippen molar-refractivity contribution in [3.63, 3.8) is 0 Å². The lowest BCUT2D eigenvalue weighted by Crippen LogP contribution is -2.46. The van der Waals surface area contributed by atoms with Gasteiger partial charge in [0.15, 0.2) is 5.96 Å². The molecule has 0 aromatic rings. The van der Waals surface area contributed by atoms with Crippen LogP contribution in [0.5, 0.6) is 0 Å². The summed E-state index contributed by atoms with van der Waals surface area (Å²) in [6, 6.07) is 0.608. The minimum atomic E-state index is -0.137. The van der Waals surface area contributed by atoms with Crippen LogP contribution in [-0.2, 0) is 14.3 Å². The number of hydrogen-bond donors (Lipinski definition) is 1. The van der Waals surface area contributed by atoms with Crippen molar-refractivity contribution in [3.8, 4) is 0 Å². The molecule has 2 aliphatic rings. The minimum absolute atomic E-state index is 0.137. The molecule has 2 fully saturated rings. The average Bonchev–Trinajstić information content (AvgIpc) is 3.08. The molecule has 0 spiro atoms. The second-order valence-corrected chi connectivity index (χ2v) is 6.04. The Hall–Kier alpha value is -1.34. The zero-order chi connectivity index (χ0) is 16.5. The van der Waals surface area contributed by atoms with Crippen LogP contribution in [0.2, 0.25) is 0 Å². The van der Waals surface area contributed by atoms with E-state index in [1.807, 2.05) is 7.05 Å². The van der Waals surface area contributed by atoms with Gasteiger partial charge in [-0.25, -0.2) is 0 Å². The van der Waals surface area contributed by atoms with E-state index >= 15 is 0 Å². The fourth-order valence-electron chi connectivity index (χ4n) is 3.20. The van der Waals surface area contributed by atoms with Crippen LogP contribution in [0, 0.1) is 0 Å². The Labute approximate surface area is 139 Å². The molecule has 1 N–H and O–H groups in total. The molecule has 0 bridgehead atoms. The minimum Gasteiger partial charge on any atom is -0.469 e. The summed E-state index contributed by atoms with van der Waals surface area (Å²) in [6.45, 7) is 6.69. The van der Waals surface area contributed by atoms with Crippen molar-refractivity contribution >= 4 is 11.9 Å². The summed E-state index contributed by atoms with van der Waals surface area (Å²) in [5.74, 6) is 0.834. The fourth-order valence-corrected chi connectivity index (χ4v) is 3.20. The maximum absolute atomic E-state index is 11.1. The number of rotatable bonds is 6. The summed E-state index contributed by atoms with van der Waals surface area (Å²) < 4.78 is 10.1. The molecule has 2 rings (SSSR count). The van der Waals surface area contributed by atoms with Crippen LogP contribution in [0.1, 0.15) is 25.7 Å².